The number of rotatable bonds is 5. The number of nitrogens with zero attached hydrogens (tertiary/aromatic N) is 1. The SMILES string of the molecule is CCC(CC)N(C)S(=O)(=O)c1cccc(F)c1N. The van der Waals surface area contributed by atoms with E-state index in [0.29, 0.717) is 12.8 Å². The van der Waals surface area contributed by atoms with Gasteiger partial charge in [-0.15, -0.1) is 0 Å². The molecule has 0 atom stereocenters. The molecule has 0 aliphatic carbocycles. The molecule has 1 aromatic carbocycles. The molecule has 0 saturated carbocycles. The average Bonchev–Trinajstić information content (AvgIpc) is 2.33. The first-order valence-electron chi connectivity index (χ1n) is 5.88. The van der Waals surface area contributed by atoms with E-state index in [2.05, 4.69) is 0 Å². The zero-order valence-electron chi connectivity index (χ0n) is 10.9. The van der Waals surface area contributed by atoms with Crippen LogP contribution in [0.4, 0.5) is 10.1 Å². The number of benzene rings is 1. The highest BCUT2D eigenvalue weighted by Crippen LogP contribution is 2.26. The van der Waals surface area contributed by atoms with Gasteiger partial charge in [-0.25, -0.2) is 12.8 Å². The summed E-state index contributed by atoms with van der Waals surface area (Å²) in [6.07, 6.45) is 1.39. The third-order valence-electron chi connectivity index (χ3n) is 3.13. The number of nitrogens with two attached hydrogens (primary N) is 1. The molecule has 2 N–H and O–H groups in total. The van der Waals surface area contributed by atoms with Gasteiger partial charge in [0.25, 0.3) is 0 Å². The van der Waals surface area contributed by atoms with E-state index in [4.69, 9.17) is 5.73 Å². The summed E-state index contributed by atoms with van der Waals surface area (Å²) in [4.78, 5) is -0.170. The van der Waals surface area contributed by atoms with Crippen molar-refractivity contribution in [1.29, 1.82) is 0 Å². The lowest BCUT2D eigenvalue weighted by molar-refractivity contribution is 0.349. The highest BCUT2D eigenvalue weighted by atomic mass is 32.2. The Labute approximate surface area is 108 Å². The van der Waals surface area contributed by atoms with Crippen LogP contribution in [0.15, 0.2) is 23.1 Å². The molecule has 0 radical (unpaired) electrons. The van der Waals surface area contributed by atoms with Crippen LogP contribution in [0.25, 0.3) is 0 Å². The summed E-state index contributed by atoms with van der Waals surface area (Å²) in [5.41, 5.74) is 5.18. The number of halogens is 1. The summed E-state index contributed by atoms with van der Waals surface area (Å²) < 4.78 is 39.3. The third-order valence-corrected chi connectivity index (χ3v) is 5.09. The smallest absolute Gasteiger partial charge is 0.245 e. The van der Waals surface area contributed by atoms with Crippen molar-refractivity contribution in [2.24, 2.45) is 0 Å². The van der Waals surface area contributed by atoms with Crippen molar-refractivity contribution in [1.82, 2.24) is 4.31 Å². The number of para-hydroxylation sites is 1. The molecule has 0 aliphatic heterocycles. The highest BCUT2D eigenvalue weighted by molar-refractivity contribution is 7.89. The number of sulfonamides is 1. The molecule has 0 unspecified atom stereocenters. The Morgan fingerprint density at radius 2 is 1.89 bits per heavy atom. The standard InChI is InChI=1S/C12H19FN2O2S/c1-4-9(5-2)15(3)18(16,17)11-8-6-7-10(13)12(11)14/h6-9H,4-5,14H2,1-3H3. The monoisotopic (exact) mass is 274 g/mol. The molecule has 0 fully saturated rings. The molecule has 0 spiro atoms. The summed E-state index contributed by atoms with van der Waals surface area (Å²) in [6, 6.07) is 3.70. The van der Waals surface area contributed by atoms with Gasteiger partial charge in [0, 0.05) is 13.1 Å². The fourth-order valence-corrected chi connectivity index (χ4v) is 3.52. The molecule has 0 aliphatic rings. The number of nitrogen functional groups attached to an aromatic ring is 1. The minimum Gasteiger partial charge on any atom is -0.395 e. The van der Waals surface area contributed by atoms with Gasteiger partial charge >= 0.3 is 0 Å². The fraction of sp³-hybridized carbons (Fsp3) is 0.500. The Morgan fingerprint density at radius 3 is 2.39 bits per heavy atom. The Kier molecular flexibility index (Phi) is 4.70. The van der Waals surface area contributed by atoms with Crippen LogP contribution in [-0.4, -0.2) is 25.8 Å². The van der Waals surface area contributed by atoms with Crippen molar-refractivity contribution in [2.75, 3.05) is 12.8 Å². The Hall–Kier alpha value is -1.14. The molecule has 6 heteroatoms. The van der Waals surface area contributed by atoms with Crippen molar-refractivity contribution in [2.45, 2.75) is 37.6 Å². The molecule has 0 heterocycles. The normalized spacial score (nSPS) is 12.3. The lowest BCUT2D eigenvalue weighted by atomic mass is 10.2. The van der Waals surface area contributed by atoms with Crippen LogP contribution in [0, 0.1) is 5.82 Å². The van der Waals surface area contributed by atoms with E-state index in [1.54, 1.807) is 0 Å². The van der Waals surface area contributed by atoms with Gasteiger partial charge in [0.05, 0.1) is 5.69 Å². The van der Waals surface area contributed by atoms with Crippen LogP contribution < -0.4 is 5.73 Å². The Morgan fingerprint density at radius 1 is 1.33 bits per heavy atom. The van der Waals surface area contributed by atoms with Gasteiger partial charge in [-0.1, -0.05) is 19.9 Å². The third kappa shape index (κ3) is 2.64. The molecule has 0 amide bonds. The quantitative estimate of drug-likeness (QED) is 0.837. The first-order valence-corrected chi connectivity index (χ1v) is 7.32. The van der Waals surface area contributed by atoms with Crippen LogP contribution in [0.1, 0.15) is 26.7 Å². The van der Waals surface area contributed by atoms with Crippen molar-refractivity contribution in [3.8, 4) is 0 Å². The van der Waals surface area contributed by atoms with Gasteiger partial charge in [-0.3, -0.25) is 0 Å². The van der Waals surface area contributed by atoms with Gasteiger partial charge in [0.15, 0.2) is 0 Å². The van der Waals surface area contributed by atoms with E-state index >= 15 is 0 Å². The molecular weight excluding hydrogens is 255 g/mol. The second-order valence-electron chi connectivity index (χ2n) is 4.14. The van der Waals surface area contributed by atoms with E-state index in [0.717, 1.165) is 6.07 Å². The number of hydrogen-bond acceptors (Lipinski definition) is 3. The van der Waals surface area contributed by atoms with Crippen LogP contribution in [-0.2, 0) is 10.0 Å². The van der Waals surface area contributed by atoms with Crippen LogP contribution in [0.5, 0.6) is 0 Å². The largest absolute Gasteiger partial charge is 0.395 e. The van der Waals surface area contributed by atoms with Gasteiger partial charge in [0.2, 0.25) is 10.0 Å². The van der Waals surface area contributed by atoms with Crippen LogP contribution in [0.2, 0.25) is 0 Å². The molecule has 1 aromatic rings. The summed E-state index contributed by atoms with van der Waals surface area (Å²) in [5, 5.41) is 0. The van der Waals surface area contributed by atoms with Crippen molar-refractivity contribution in [3.63, 3.8) is 0 Å². The van der Waals surface area contributed by atoms with E-state index in [1.165, 1.54) is 23.5 Å². The summed E-state index contributed by atoms with van der Waals surface area (Å²) in [7, 11) is -2.25. The lowest BCUT2D eigenvalue weighted by Gasteiger charge is -2.26. The summed E-state index contributed by atoms with van der Waals surface area (Å²) in [6.45, 7) is 3.82. The first kappa shape index (κ1) is 14.9. The second-order valence-corrected chi connectivity index (χ2v) is 6.11. The van der Waals surface area contributed by atoms with E-state index < -0.39 is 15.8 Å². The predicted octanol–water partition coefficient (Wildman–Crippen LogP) is 2.22. The maximum atomic E-state index is 13.3. The molecule has 1 rings (SSSR count). The highest BCUT2D eigenvalue weighted by Gasteiger charge is 2.28. The minimum atomic E-state index is -3.75. The molecular formula is C12H19FN2O2S. The Balaban J connectivity index is 3.25. The zero-order chi connectivity index (χ0) is 13.9. The maximum Gasteiger partial charge on any atom is 0.245 e. The van der Waals surface area contributed by atoms with Gasteiger partial charge < -0.3 is 5.73 Å². The Bertz CT molecular complexity index is 513. The summed E-state index contributed by atoms with van der Waals surface area (Å²) >= 11 is 0. The number of hydrogen-bond donors (Lipinski definition) is 1. The van der Waals surface area contributed by atoms with Crippen molar-refractivity contribution < 1.29 is 12.8 Å². The maximum absolute atomic E-state index is 13.3. The van der Waals surface area contributed by atoms with Crippen LogP contribution >= 0.6 is 0 Å². The molecule has 18 heavy (non-hydrogen) atoms. The van der Waals surface area contributed by atoms with Crippen LogP contribution in [0.3, 0.4) is 0 Å². The lowest BCUT2D eigenvalue weighted by Crippen LogP contribution is -2.36. The average molecular weight is 274 g/mol. The van der Waals surface area contributed by atoms with E-state index in [9.17, 15) is 12.8 Å². The fourth-order valence-electron chi connectivity index (χ4n) is 1.90. The van der Waals surface area contributed by atoms with E-state index in [1.807, 2.05) is 13.8 Å². The molecule has 102 valence electrons. The zero-order valence-corrected chi connectivity index (χ0v) is 11.7. The topological polar surface area (TPSA) is 63.4 Å². The minimum absolute atomic E-state index is 0.113. The van der Waals surface area contributed by atoms with Gasteiger partial charge in [0.1, 0.15) is 10.7 Å². The van der Waals surface area contributed by atoms with Crippen molar-refractivity contribution >= 4 is 15.7 Å². The van der Waals surface area contributed by atoms with Crippen molar-refractivity contribution in [3.05, 3.63) is 24.0 Å². The van der Waals surface area contributed by atoms with Gasteiger partial charge in [-0.05, 0) is 25.0 Å². The van der Waals surface area contributed by atoms with Gasteiger partial charge in [-0.2, -0.15) is 4.31 Å². The molecule has 0 saturated heterocycles. The molecule has 0 bridgehead atoms. The second kappa shape index (κ2) is 5.67. The summed E-state index contributed by atoms with van der Waals surface area (Å²) in [5.74, 6) is -0.714. The molecule has 4 nitrogen and oxygen atoms in total. The molecule has 0 aromatic heterocycles. The predicted molar refractivity (Wildman–Crippen MR) is 70.1 cm³/mol. The number of anilines is 1. The first-order chi connectivity index (χ1) is 8.36. The van der Waals surface area contributed by atoms with E-state index in [-0.39, 0.29) is 16.6 Å².